The Morgan fingerprint density at radius 1 is 1.33 bits per heavy atom. The molecule has 0 aromatic heterocycles. The molecule has 1 aliphatic heterocycles. The van der Waals surface area contributed by atoms with E-state index in [0.717, 1.165) is 18.4 Å². The van der Waals surface area contributed by atoms with Crippen molar-refractivity contribution in [1.29, 1.82) is 0 Å². The van der Waals surface area contributed by atoms with E-state index in [1.165, 1.54) is 4.31 Å². The van der Waals surface area contributed by atoms with E-state index in [0.29, 0.717) is 13.1 Å². The van der Waals surface area contributed by atoms with Gasteiger partial charge in [0, 0.05) is 19.0 Å². The molecule has 0 aliphatic carbocycles. The molecule has 1 aliphatic rings. The number of carbonyl (C=O) groups is 1. The summed E-state index contributed by atoms with van der Waals surface area (Å²) in [6.45, 7) is 4.36. The molecule has 0 amide bonds. The quantitative estimate of drug-likeness (QED) is 0.839. The topological polar surface area (TPSA) is 54.5 Å². The van der Waals surface area contributed by atoms with E-state index in [9.17, 15) is 13.2 Å². The zero-order valence-corrected chi connectivity index (χ0v) is 13.5. The predicted octanol–water partition coefficient (Wildman–Crippen LogP) is 2.42. The number of rotatable bonds is 5. The van der Waals surface area contributed by atoms with Crippen LogP contribution < -0.4 is 0 Å². The van der Waals surface area contributed by atoms with Crippen LogP contribution in [0.1, 0.15) is 38.2 Å². The van der Waals surface area contributed by atoms with Crippen LogP contribution in [0.2, 0.25) is 0 Å². The van der Waals surface area contributed by atoms with E-state index < -0.39 is 10.0 Å². The summed E-state index contributed by atoms with van der Waals surface area (Å²) in [6.07, 6.45) is 1.57. The highest BCUT2D eigenvalue weighted by atomic mass is 32.2. The third-order valence-electron chi connectivity index (χ3n) is 4.18. The zero-order valence-electron chi connectivity index (χ0n) is 12.7. The van der Waals surface area contributed by atoms with Gasteiger partial charge in [-0.15, -0.1) is 0 Å². The number of ketones is 1. The molecule has 0 spiro atoms. The molecular formula is C16H23NO3S. The molecule has 21 heavy (non-hydrogen) atoms. The summed E-state index contributed by atoms with van der Waals surface area (Å²) in [7, 11) is -3.32. The number of nitrogens with zero attached hydrogens (tertiary/aromatic N) is 1. The molecule has 2 atom stereocenters. The Morgan fingerprint density at radius 2 is 2.00 bits per heavy atom. The maximum Gasteiger partial charge on any atom is 0.214 e. The SMILES string of the molecule is CC(=O)C1CCCN(S(=O)(=O)CC(C)c2ccccc2)C1. The van der Waals surface area contributed by atoms with Gasteiger partial charge in [-0.3, -0.25) is 4.79 Å². The van der Waals surface area contributed by atoms with Gasteiger partial charge in [-0.25, -0.2) is 12.7 Å². The number of carbonyl (C=O) groups excluding carboxylic acids is 1. The molecule has 0 bridgehead atoms. The third-order valence-corrected chi connectivity index (χ3v) is 6.22. The minimum absolute atomic E-state index is 0.0473. The highest BCUT2D eigenvalue weighted by molar-refractivity contribution is 7.89. The first-order valence-electron chi connectivity index (χ1n) is 7.43. The molecule has 0 saturated carbocycles. The van der Waals surface area contributed by atoms with Crippen molar-refractivity contribution in [3.8, 4) is 0 Å². The summed E-state index contributed by atoms with van der Waals surface area (Å²) in [4.78, 5) is 11.5. The number of hydrogen-bond acceptors (Lipinski definition) is 3. The molecule has 1 fully saturated rings. The first-order chi connectivity index (χ1) is 9.90. The second-order valence-corrected chi connectivity index (χ2v) is 7.91. The van der Waals surface area contributed by atoms with Crippen molar-refractivity contribution < 1.29 is 13.2 Å². The second kappa shape index (κ2) is 6.71. The van der Waals surface area contributed by atoms with Crippen molar-refractivity contribution in [2.24, 2.45) is 5.92 Å². The average molecular weight is 309 g/mol. The fourth-order valence-corrected chi connectivity index (χ4v) is 4.68. The zero-order chi connectivity index (χ0) is 15.5. The van der Waals surface area contributed by atoms with Crippen LogP contribution in [0.4, 0.5) is 0 Å². The number of piperidine rings is 1. The molecule has 2 rings (SSSR count). The van der Waals surface area contributed by atoms with Gasteiger partial charge >= 0.3 is 0 Å². The number of benzene rings is 1. The lowest BCUT2D eigenvalue weighted by atomic mass is 9.96. The van der Waals surface area contributed by atoms with Crippen molar-refractivity contribution in [2.45, 2.75) is 32.6 Å². The Hall–Kier alpha value is -1.20. The summed E-state index contributed by atoms with van der Waals surface area (Å²) < 4.78 is 26.6. The van der Waals surface area contributed by atoms with Crippen LogP contribution in [0.5, 0.6) is 0 Å². The Labute approximate surface area is 127 Å². The maximum atomic E-state index is 12.6. The van der Waals surface area contributed by atoms with Gasteiger partial charge in [-0.2, -0.15) is 0 Å². The molecule has 4 nitrogen and oxygen atoms in total. The molecule has 0 N–H and O–H groups in total. The molecule has 2 unspecified atom stereocenters. The fraction of sp³-hybridized carbons (Fsp3) is 0.562. The Balaban J connectivity index is 2.06. The van der Waals surface area contributed by atoms with Gasteiger partial charge < -0.3 is 0 Å². The van der Waals surface area contributed by atoms with Gasteiger partial charge in [0.1, 0.15) is 5.78 Å². The van der Waals surface area contributed by atoms with Gasteiger partial charge in [0.15, 0.2) is 0 Å². The van der Waals surface area contributed by atoms with Gasteiger partial charge in [0.05, 0.1) is 5.75 Å². The molecule has 116 valence electrons. The van der Waals surface area contributed by atoms with Crippen LogP contribution in [0, 0.1) is 5.92 Å². The minimum Gasteiger partial charge on any atom is -0.300 e. The van der Waals surface area contributed by atoms with E-state index in [1.807, 2.05) is 37.3 Å². The van der Waals surface area contributed by atoms with Crippen molar-refractivity contribution in [2.75, 3.05) is 18.8 Å². The molecule has 0 radical (unpaired) electrons. The summed E-state index contributed by atoms with van der Waals surface area (Å²) in [5, 5.41) is 0. The first-order valence-corrected chi connectivity index (χ1v) is 9.04. The van der Waals surface area contributed by atoms with E-state index in [4.69, 9.17) is 0 Å². The number of hydrogen-bond donors (Lipinski definition) is 0. The highest BCUT2D eigenvalue weighted by Crippen LogP contribution is 2.24. The average Bonchev–Trinajstić information content (AvgIpc) is 2.48. The van der Waals surface area contributed by atoms with Crippen LogP contribution in [0.15, 0.2) is 30.3 Å². The van der Waals surface area contributed by atoms with Crippen LogP contribution in [-0.2, 0) is 14.8 Å². The standard InChI is InChI=1S/C16H23NO3S/c1-13(15-7-4-3-5-8-15)12-21(19,20)17-10-6-9-16(11-17)14(2)18/h3-5,7-8,13,16H,6,9-12H2,1-2H3. The summed E-state index contributed by atoms with van der Waals surface area (Å²) >= 11 is 0. The lowest BCUT2D eigenvalue weighted by Crippen LogP contribution is -2.43. The van der Waals surface area contributed by atoms with Crippen molar-refractivity contribution >= 4 is 15.8 Å². The van der Waals surface area contributed by atoms with Crippen LogP contribution in [0.3, 0.4) is 0 Å². The van der Waals surface area contributed by atoms with Crippen LogP contribution >= 0.6 is 0 Å². The molecule has 1 aromatic rings. The number of Topliss-reactive ketones (excluding diaryl/α,β-unsaturated/α-hetero) is 1. The summed E-state index contributed by atoms with van der Waals surface area (Å²) in [5.41, 5.74) is 1.03. The molecule has 1 saturated heterocycles. The van der Waals surface area contributed by atoms with Gasteiger partial charge in [-0.05, 0) is 31.2 Å². The van der Waals surface area contributed by atoms with Crippen molar-refractivity contribution in [1.82, 2.24) is 4.31 Å². The summed E-state index contributed by atoms with van der Waals surface area (Å²) in [6, 6.07) is 9.67. The predicted molar refractivity (Wildman–Crippen MR) is 83.6 cm³/mol. The van der Waals surface area contributed by atoms with Crippen molar-refractivity contribution in [3.63, 3.8) is 0 Å². The monoisotopic (exact) mass is 309 g/mol. The highest BCUT2D eigenvalue weighted by Gasteiger charge is 2.31. The Kier molecular flexibility index (Phi) is 5.17. The van der Waals surface area contributed by atoms with E-state index in [-0.39, 0.29) is 23.4 Å². The molecule has 1 heterocycles. The first kappa shape index (κ1) is 16.2. The van der Waals surface area contributed by atoms with Crippen molar-refractivity contribution in [3.05, 3.63) is 35.9 Å². The minimum atomic E-state index is -3.32. The molecule has 1 aromatic carbocycles. The third kappa shape index (κ3) is 4.14. The second-order valence-electron chi connectivity index (χ2n) is 5.90. The van der Waals surface area contributed by atoms with E-state index >= 15 is 0 Å². The Bertz CT molecular complexity index is 583. The lowest BCUT2D eigenvalue weighted by Gasteiger charge is -2.31. The largest absolute Gasteiger partial charge is 0.300 e. The van der Waals surface area contributed by atoms with E-state index in [2.05, 4.69) is 0 Å². The number of sulfonamides is 1. The molecule has 5 heteroatoms. The van der Waals surface area contributed by atoms with Crippen LogP contribution in [0.25, 0.3) is 0 Å². The van der Waals surface area contributed by atoms with Gasteiger partial charge in [0.25, 0.3) is 0 Å². The van der Waals surface area contributed by atoms with Gasteiger partial charge in [-0.1, -0.05) is 37.3 Å². The van der Waals surface area contributed by atoms with E-state index in [1.54, 1.807) is 6.92 Å². The molecular weight excluding hydrogens is 286 g/mol. The lowest BCUT2D eigenvalue weighted by molar-refractivity contribution is -0.121. The summed E-state index contributed by atoms with van der Waals surface area (Å²) in [5.74, 6) is 0.00206. The normalized spacial score (nSPS) is 21.9. The van der Waals surface area contributed by atoms with Crippen LogP contribution in [-0.4, -0.2) is 37.3 Å². The fourth-order valence-electron chi connectivity index (χ4n) is 2.83. The maximum absolute atomic E-state index is 12.6. The van der Waals surface area contributed by atoms with Gasteiger partial charge in [0.2, 0.25) is 10.0 Å². The Morgan fingerprint density at radius 3 is 2.62 bits per heavy atom. The smallest absolute Gasteiger partial charge is 0.214 e.